The van der Waals surface area contributed by atoms with E-state index in [9.17, 15) is 0 Å². The molecule has 20 heavy (non-hydrogen) atoms. The first-order valence-electron chi connectivity index (χ1n) is 6.94. The van der Waals surface area contributed by atoms with Gasteiger partial charge >= 0.3 is 0 Å². The van der Waals surface area contributed by atoms with Gasteiger partial charge in [-0.2, -0.15) is 0 Å². The van der Waals surface area contributed by atoms with Gasteiger partial charge in [0.25, 0.3) is 0 Å². The molecule has 0 aliphatic heterocycles. The fraction of sp³-hybridized carbons (Fsp3) is 0.294. The predicted octanol–water partition coefficient (Wildman–Crippen LogP) is 4.50. The Morgan fingerprint density at radius 3 is 2.65 bits per heavy atom. The van der Waals surface area contributed by atoms with E-state index < -0.39 is 0 Å². The van der Waals surface area contributed by atoms with Gasteiger partial charge in [0, 0.05) is 11.4 Å². The van der Waals surface area contributed by atoms with Gasteiger partial charge in [0.2, 0.25) is 0 Å². The van der Waals surface area contributed by atoms with E-state index in [4.69, 9.17) is 8.83 Å². The van der Waals surface area contributed by atoms with Gasteiger partial charge in [-0.15, -0.1) is 0 Å². The number of aryl methyl sites for hydroxylation is 1. The molecule has 0 unspecified atom stereocenters. The molecule has 3 nitrogen and oxygen atoms in total. The molecule has 3 rings (SSSR count). The molecule has 0 radical (unpaired) electrons. The van der Waals surface area contributed by atoms with Gasteiger partial charge in [-0.25, -0.2) is 0 Å². The first-order chi connectivity index (χ1) is 9.61. The van der Waals surface area contributed by atoms with Crippen LogP contribution in [0.2, 0.25) is 0 Å². The molecule has 0 aliphatic carbocycles. The van der Waals surface area contributed by atoms with Crippen molar-refractivity contribution in [3.63, 3.8) is 0 Å². The van der Waals surface area contributed by atoms with Crippen molar-refractivity contribution in [3.8, 4) is 11.5 Å². The quantitative estimate of drug-likeness (QED) is 0.758. The Labute approximate surface area is 118 Å². The van der Waals surface area contributed by atoms with Crippen LogP contribution in [0.5, 0.6) is 0 Å². The minimum absolute atomic E-state index is 0.442. The summed E-state index contributed by atoms with van der Waals surface area (Å²) < 4.78 is 11.7. The molecular weight excluding hydrogens is 250 g/mol. The maximum absolute atomic E-state index is 5.83. The zero-order valence-corrected chi connectivity index (χ0v) is 12.1. The summed E-state index contributed by atoms with van der Waals surface area (Å²) in [6.07, 6.45) is 0. The monoisotopic (exact) mass is 269 g/mol. The van der Waals surface area contributed by atoms with Gasteiger partial charge in [0.05, 0.1) is 6.54 Å². The van der Waals surface area contributed by atoms with E-state index in [1.807, 2.05) is 24.3 Å². The van der Waals surface area contributed by atoms with Crippen LogP contribution in [0.25, 0.3) is 22.5 Å². The molecule has 0 amide bonds. The second kappa shape index (κ2) is 5.17. The van der Waals surface area contributed by atoms with Crippen LogP contribution in [0.3, 0.4) is 0 Å². The SMILES string of the molecule is Cc1ccc2oc(-c3ccc(CNC(C)C)o3)cc2c1. The molecule has 0 fully saturated rings. The summed E-state index contributed by atoms with van der Waals surface area (Å²) in [5.74, 6) is 2.48. The number of hydrogen-bond donors (Lipinski definition) is 1. The van der Waals surface area contributed by atoms with Gasteiger partial charge in [-0.1, -0.05) is 25.5 Å². The zero-order valence-electron chi connectivity index (χ0n) is 12.1. The highest BCUT2D eigenvalue weighted by Gasteiger charge is 2.10. The highest BCUT2D eigenvalue weighted by atomic mass is 16.4. The molecule has 3 aromatic rings. The molecule has 2 heterocycles. The van der Waals surface area contributed by atoms with Crippen LogP contribution in [0, 0.1) is 6.92 Å². The van der Waals surface area contributed by atoms with Crippen molar-refractivity contribution in [2.45, 2.75) is 33.4 Å². The summed E-state index contributed by atoms with van der Waals surface area (Å²) in [5, 5.41) is 4.45. The van der Waals surface area contributed by atoms with Gasteiger partial charge < -0.3 is 14.2 Å². The van der Waals surface area contributed by atoms with Gasteiger partial charge in [0.1, 0.15) is 11.3 Å². The minimum Gasteiger partial charge on any atom is -0.456 e. The normalized spacial score (nSPS) is 11.6. The average Bonchev–Trinajstić information content (AvgIpc) is 3.01. The molecule has 1 aromatic carbocycles. The molecule has 0 atom stereocenters. The van der Waals surface area contributed by atoms with E-state index in [2.05, 4.69) is 38.2 Å². The summed E-state index contributed by atoms with van der Waals surface area (Å²) in [5.41, 5.74) is 2.12. The van der Waals surface area contributed by atoms with Crippen molar-refractivity contribution < 1.29 is 8.83 Å². The van der Waals surface area contributed by atoms with Crippen molar-refractivity contribution in [1.29, 1.82) is 0 Å². The van der Waals surface area contributed by atoms with Crippen molar-refractivity contribution >= 4 is 11.0 Å². The van der Waals surface area contributed by atoms with E-state index >= 15 is 0 Å². The lowest BCUT2D eigenvalue weighted by Crippen LogP contribution is -2.21. The fourth-order valence-electron chi connectivity index (χ4n) is 2.19. The maximum Gasteiger partial charge on any atom is 0.170 e. The molecule has 0 saturated heterocycles. The van der Waals surface area contributed by atoms with Crippen LogP contribution in [0.1, 0.15) is 25.2 Å². The van der Waals surface area contributed by atoms with Crippen LogP contribution in [-0.2, 0) is 6.54 Å². The largest absolute Gasteiger partial charge is 0.456 e. The first kappa shape index (κ1) is 13.0. The van der Waals surface area contributed by atoms with Crippen molar-refractivity contribution in [3.05, 3.63) is 47.7 Å². The topological polar surface area (TPSA) is 38.3 Å². The third-order valence-corrected chi connectivity index (χ3v) is 3.26. The number of fused-ring (bicyclic) bond motifs is 1. The lowest BCUT2D eigenvalue weighted by molar-refractivity contribution is 0.463. The standard InChI is InChI=1S/C17H19NO2/c1-11(2)18-10-14-5-7-16(19-14)17-9-13-8-12(3)4-6-15(13)20-17/h4-9,11,18H,10H2,1-3H3. The molecule has 0 saturated carbocycles. The first-order valence-corrected chi connectivity index (χ1v) is 6.94. The maximum atomic E-state index is 5.83. The Hall–Kier alpha value is -2.00. The highest BCUT2D eigenvalue weighted by Crippen LogP contribution is 2.29. The summed E-state index contributed by atoms with van der Waals surface area (Å²) in [7, 11) is 0. The lowest BCUT2D eigenvalue weighted by atomic mass is 10.2. The molecule has 3 heteroatoms. The smallest absolute Gasteiger partial charge is 0.170 e. The van der Waals surface area contributed by atoms with E-state index in [-0.39, 0.29) is 0 Å². The van der Waals surface area contributed by atoms with Gasteiger partial charge in [-0.3, -0.25) is 0 Å². The molecule has 0 spiro atoms. The molecule has 0 aliphatic rings. The number of nitrogens with one attached hydrogen (secondary N) is 1. The number of benzene rings is 1. The van der Waals surface area contributed by atoms with Crippen molar-refractivity contribution in [2.75, 3.05) is 0 Å². The van der Waals surface area contributed by atoms with Crippen LogP contribution >= 0.6 is 0 Å². The Morgan fingerprint density at radius 1 is 1.00 bits per heavy atom. The number of hydrogen-bond acceptors (Lipinski definition) is 3. The molecule has 0 bridgehead atoms. The van der Waals surface area contributed by atoms with E-state index in [1.54, 1.807) is 0 Å². The van der Waals surface area contributed by atoms with Crippen molar-refractivity contribution in [1.82, 2.24) is 5.32 Å². The summed E-state index contributed by atoms with van der Waals surface area (Å²) in [6, 6.07) is 12.6. The van der Waals surface area contributed by atoms with E-state index in [1.165, 1.54) is 5.56 Å². The zero-order chi connectivity index (χ0) is 14.1. The second-order valence-electron chi connectivity index (χ2n) is 5.45. The van der Waals surface area contributed by atoms with Gasteiger partial charge in [0.15, 0.2) is 11.5 Å². The van der Waals surface area contributed by atoms with Crippen LogP contribution < -0.4 is 5.32 Å². The Balaban J connectivity index is 1.87. The average molecular weight is 269 g/mol. The van der Waals surface area contributed by atoms with Gasteiger partial charge in [-0.05, 0) is 37.3 Å². The summed E-state index contributed by atoms with van der Waals surface area (Å²) >= 11 is 0. The predicted molar refractivity (Wildman–Crippen MR) is 80.6 cm³/mol. The van der Waals surface area contributed by atoms with Crippen LogP contribution in [-0.4, -0.2) is 6.04 Å². The minimum atomic E-state index is 0.442. The van der Waals surface area contributed by atoms with Crippen LogP contribution in [0.15, 0.2) is 45.2 Å². The fourth-order valence-corrected chi connectivity index (χ4v) is 2.19. The molecule has 104 valence electrons. The highest BCUT2D eigenvalue weighted by molar-refractivity contribution is 5.82. The molecule has 1 N–H and O–H groups in total. The molecular formula is C17H19NO2. The second-order valence-corrected chi connectivity index (χ2v) is 5.45. The Kier molecular flexibility index (Phi) is 3.36. The number of furan rings is 2. The van der Waals surface area contributed by atoms with E-state index in [0.717, 1.165) is 34.8 Å². The Morgan fingerprint density at radius 2 is 1.85 bits per heavy atom. The third kappa shape index (κ3) is 2.63. The summed E-state index contributed by atoms with van der Waals surface area (Å²) in [4.78, 5) is 0. The lowest BCUT2D eigenvalue weighted by Gasteiger charge is -2.04. The van der Waals surface area contributed by atoms with Crippen molar-refractivity contribution in [2.24, 2.45) is 0 Å². The number of rotatable bonds is 4. The van der Waals surface area contributed by atoms with Crippen LogP contribution in [0.4, 0.5) is 0 Å². The molecule has 2 aromatic heterocycles. The van der Waals surface area contributed by atoms with E-state index in [0.29, 0.717) is 6.04 Å². The summed E-state index contributed by atoms with van der Waals surface area (Å²) in [6.45, 7) is 7.04. The third-order valence-electron chi connectivity index (χ3n) is 3.26. The Bertz CT molecular complexity index is 722.